The van der Waals surface area contributed by atoms with Crippen molar-refractivity contribution < 1.29 is 26.3 Å². The van der Waals surface area contributed by atoms with E-state index in [9.17, 15) is 26.3 Å². The predicted molar refractivity (Wildman–Crippen MR) is 90.2 cm³/mol. The molecular weight excluding hydrogens is 354 g/mol. The van der Waals surface area contributed by atoms with Gasteiger partial charge in [-0.25, -0.2) is 0 Å². The van der Waals surface area contributed by atoms with Crippen molar-refractivity contribution in [2.75, 3.05) is 0 Å². The Kier molecular flexibility index (Phi) is 5.64. The van der Waals surface area contributed by atoms with Gasteiger partial charge in [-0.05, 0) is 59.4 Å². The van der Waals surface area contributed by atoms with E-state index in [1.54, 1.807) is 0 Å². The van der Waals surface area contributed by atoms with Crippen molar-refractivity contribution in [3.8, 4) is 0 Å². The maximum atomic E-state index is 12.6. The maximum absolute atomic E-state index is 12.6. The summed E-state index contributed by atoms with van der Waals surface area (Å²) in [6, 6.07) is 9.38. The number of rotatable bonds is 5. The van der Waals surface area contributed by atoms with Crippen LogP contribution in [0.15, 0.2) is 61.7 Å². The third kappa shape index (κ3) is 5.00. The van der Waals surface area contributed by atoms with Crippen molar-refractivity contribution in [1.29, 1.82) is 0 Å². The quantitative estimate of drug-likeness (QED) is 0.487. The Morgan fingerprint density at radius 3 is 1.08 bits per heavy atom. The number of alkyl halides is 6. The van der Waals surface area contributed by atoms with E-state index >= 15 is 0 Å². The maximum Gasteiger partial charge on any atom is 0.416 e. The van der Waals surface area contributed by atoms with Crippen LogP contribution in [0.2, 0.25) is 0 Å². The highest BCUT2D eigenvalue weighted by molar-refractivity contribution is 5.69. The highest BCUT2D eigenvalue weighted by Gasteiger charge is 2.30. The Balaban J connectivity index is 1.97. The van der Waals surface area contributed by atoms with Crippen LogP contribution in [-0.4, -0.2) is 0 Å². The number of benzene rings is 2. The molecule has 0 amide bonds. The van der Waals surface area contributed by atoms with Crippen LogP contribution in [-0.2, 0) is 12.4 Å². The first-order valence-electron chi connectivity index (χ1n) is 7.69. The molecule has 0 radical (unpaired) electrons. The van der Waals surface area contributed by atoms with E-state index in [0.29, 0.717) is 35.1 Å². The summed E-state index contributed by atoms with van der Waals surface area (Å²) in [5.41, 5.74) is 0.960. The van der Waals surface area contributed by atoms with E-state index in [1.807, 2.05) is 0 Å². The molecule has 0 aromatic heterocycles. The molecule has 0 heterocycles. The normalized spacial score (nSPS) is 12.1. The molecule has 0 N–H and O–H groups in total. The lowest BCUT2D eigenvalue weighted by molar-refractivity contribution is -0.138. The lowest BCUT2D eigenvalue weighted by Crippen LogP contribution is -2.04. The van der Waals surface area contributed by atoms with Gasteiger partial charge in [0, 0.05) is 0 Å². The number of hydrogen-bond acceptors (Lipinski definition) is 0. The van der Waals surface area contributed by atoms with Crippen LogP contribution in [0.4, 0.5) is 26.3 Å². The molecule has 0 spiro atoms. The first-order chi connectivity index (χ1) is 12.0. The first kappa shape index (κ1) is 19.8. The summed E-state index contributed by atoms with van der Waals surface area (Å²) < 4.78 is 75.4. The number of allylic oxidation sites excluding steroid dienone is 2. The molecule has 6 heteroatoms. The van der Waals surface area contributed by atoms with E-state index in [4.69, 9.17) is 0 Å². The zero-order valence-corrected chi connectivity index (χ0v) is 13.7. The summed E-state index contributed by atoms with van der Waals surface area (Å²) in [4.78, 5) is 0. The van der Waals surface area contributed by atoms with Crippen molar-refractivity contribution in [3.05, 3.63) is 83.9 Å². The van der Waals surface area contributed by atoms with Gasteiger partial charge < -0.3 is 0 Å². The molecule has 2 aromatic carbocycles. The number of halogens is 6. The van der Waals surface area contributed by atoms with Crippen LogP contribution in [0.5, 0.6) is 0 Å². The Hall–Kier alpha value is -2.50. The monoisotopic (exact) mass is 370 g/mol. The van der Waals surface area contributed by atoms with Crippen LogP contribution < -0.4 is 0 Å². The van der Waals surface area contributed by atoms with Gasteiger partial charge >= 0.3 is 12.4 Å². The van der Waals surface area contributed by atoms with Gasteiger partial charge in [0.25, 0.3) is 0 Å². The highest BCUT2D eigenvalue weighted by Crippen LogP contribution is 2.32. The molecule has 0 aliphatic carbocycles. The van der Waals surface area contributed by atoms with Gasteiger partial charge in [0.1, 0.15) is 0 Å². The molecule has 26 heavy (non-hydrogen) atoms. The van der Waals surface area contributed by atoms with Gasteiger partial charge in [0.05, 0.1) is 11.1 Å². The zero-order chi connectivity index (χ0) is 19.5. The van der Waals surface area contributed by atoms with E-state index < -0.39 is 23.5 Å². The largest absolute Gasteiger partial charge is 0.416 e. The Labute approximate surface area is 147 Å². The molecular formula is C20H16F6. The molecule has 0 bridgehead atoms. The fourth-order valence-corrected chi connectivity index (χ4v) is 2.38. The topological polar surface area (TPSA) is 0 Å². The van der Waals surface area contributed by atoms with Crippen LogP contribution in [0.25, 0.3) is 11.1 Å². The average Bonchev–Trinajstić information content (AvgIpc) is 2.58. The third-order valence-corrected chi connectivity index (χ3v) is 3.97. The molecule has 0 saturated heterocycles. The van der Waals surface area contributed by atoms with Gasteiger partial charge in [0.2, 0.25) is 0 Å². The minimum Gasteiger partial charge on any atom is -0.166 e. The average molecular weight is 370 g/mol. The minimum atomic E-state index is -4.39. The van der Waals surface area contributed by atoms with E-state index in [2.05, 4.69) is 13.2 Å². The lowest BCUT2D eigenvalue weighted by atomic mass is 9.96. The molecule has 2 aromatic rings. The van der Waals surface area contributed by atoms with Crippen molar-refractivity contribution >= 4 is 11.1 Å². The smallest absolute Gasteiger partial charge is 0.166 e. The highest BCUT2D eigenvalue weighted by atomic mass is 19.4. The van der Waals surface area contributed by atoms with Gasteiger partial charge in [-0.2, -0.15) is 26.3 Å². The second-order valence-electron chi connectivity index (χ2n) is 5.86. The van der Waals surface area contributed by atoms with Gasteiger partial charge in [-0.1, -0.05) is 37.4 Å². The molecule has 0 aliphatic rings. The van der Waals surface area contributed by atoms with Crippen LogP contribution in [0, 0.1) is 0 Å². The van der Waals surface area contributed by atoms with Crippen molar-refractivity contribution in [1.82, 2.24) is 0 Å². The molecule has 0 fully saturated rings. The van der Waals surface area contributed by atoms with Crippen molar-refractivity contribution in [3.63, 3.8) is 0 Å². The van der Waals surface area contributed by atoms with E-state index in [-0.39, 0.29) is 0 Å². The summed E-state index contributed by atoms with van der Waals surface area (Å²) in [6.07, 6.45) is -7.91. The van der Waals surface area contributed by atoms with Crippen LogP contribution >= 0.6 is 0 Å². The summed E-state index contributed by atoms with van der Waals surface area (Å²) >= 11 is 0. The summed E-state index contributed by atoms with van der Waals surface area (Å²) in [7, 11) is 0. The second kappa shape index (κ2) is 7.40. The van der Waals surface area contributed by atoms with Gasteiger partial charge in [-0.15, -0.1) is 0 Å². The summed E-state index contributed by atoms with van der Waals surface area (Å²) in [5.74, 6) is 0. The molecule has 138 valence electrons. The fraction of sp³-hybridized carbons (Fsp3) is 0.200. The van der Waals surface area contributed by atoms with Crippen molar-refractivity contribution in [2.45, 2.75) is 25.2 Å². The number of hydrogen-bond donors (Lipinski definition) is 0. The minimum absolute atomic E-state index is 0.436. The van der Waals surface area contributed by atoms with Crippen LogP contribution in [0.1, 0.15) is 35.1 Å². The van der Waals surface area contributed by atoms with Crippen LogP contribution in [0.3, 0.4) is 0 Å². The van der Waals surface area contributed by atoms with E-state index in [0.717, 1.165) is 24.3 Å². The third-order valence-electron chi connectivity index (χ3n) is 3.97. The predicted octanol–water partition coefficient (Wildman–Crippen LogP) is 7.23. The zero-order valence-electron chi connectivity index (χ0n) is 13.7. The second-order valence-corrected chi connectivity index (χ2v) is 5.86. The van der Waals surface area contributed by atoms with Gasteiger partial charge in [0.15, 0.2) is 0 Å². The summed E-state index contributed by atoms with van der Waals surface area (Å²) in [5, 5.41) is 0. The van der Waals surface area contributed by atoms with E-state index in [1.165, 1.54) is 24.3 Å². The van der Waals surface area contributed by atoms with Gasteiger partial charge in [-0.3, -0.25) is 0 Å². The molecule has 0 unspecified atom stereocenters. The Morgan fingerprint density at radius 2 is 0.846 bits per heavy atom. The Morgan fingerprint density at radius 1 is 0.577 bits per heavy atom. The standard InChI is InChI=1S/C20H16F6/c1-13(15-5-9-17(10-6-15)19(21,22)23)3-4-14(2)16-7-11-18(12-8-16)20(24,25)26/h5-12H,1-4H2. The fourth-order valence-electron chi connectivity index (χ4n) is 2.38. The molecule has 0 aliphatic heterocycles. The molecule has 0 atom stereocenters. The molecule has 0 saturated carbocycles. The first-order valence-corrected chi connectivity index (χ1v) is 7.69. The summed E-state index contributed by atoms with van der Waals surface area (Å²) in [6.45, 7) is 7.72. The Bertz CT molecular complexity index is 708. The molecule has 0 nitrogen and oxygen atoms in total. The van der Waals surface area contributed by atoms with Crippen molar-refractivity contribution in [2.24, 2.45) is 0 Å². The molecule has 2 rings (SSSR count). The SMILES string of the molecule is C=C(CCC(=C)c1ccc(C(F)(F)F)cc1)c1ccc(C(F)(F)F)cc1. The lowest BCUT2D eigenvalue weighted by Gasteiger charge is -2.12.